The van der Waals surface area contributed by atoms with E-state index in [4.69, 9.17) is 4.74 Å². The maximum absolute atomic E-state index is 13.8. The molecule has 168 valence electrons. The predicted molar refractivity (Wildman–Crippen MR) is 108 cm³/mol. The normalized spacial score (nSPS) is 14.0. The van der Waals surface area contributed by atoms with Gasteiger partial charge in [0.25, 0.3) is 17.5 Å². The summed E-state index contributed by atoms with van der Waals surface area (Å²) in [5.41, 5.74) is -0.0479. The van der Waals surface area contributed by atoms with Crippen LogP contribution < -0.4 is 5.32 Å². The molecule has 1 N–H and O–H groups in total. The first kappa shape index (κ1) is 22.8. The molecule has 1 aliphatic rings. The molecule has 0 aliphatic carbocycles. The van der Waals surface area contributed by atoms with Gasteiger partial charge in [-0.3, -0.25) is 24.5 Å². The van der Waals surface area contributed by atoms with Gasteiger partial charge < -0.3 is 15.0 Å². The third kappa shape index (κ3) is 5.62. The highest BCUT2D eigenvalue weighted by molar-refractivity contribution is 5.95. The first-order chi connectivity index (χ1) is 15.2. The molecule has 1 heterocycles. The van der Waals surface area contributed by atoms with Gasteiger partial charge in [-0.25, -0.2) is 8.78 Å². The number of halogens is 2. The maximum Gasteiger partial charge on any atom is 0.309 e. The van der Waals surface area contributed by atoms with Crippen LogP contribution in [0.15, 0.2) is 42.5 Å². The zero-order chi connectivity index (χ0) is 23.3. The van der Waals surface area contributed by atoms with Gasteiger partial charge in [0.2, 0.25) is 0 Å². The highest BCUT2D eigenvalue weighted by Gasteiger charge is 2.30. The van der Waals surface area contributed by atoms with Crippen LogP contribution in [0.3, 0.4) is 0 Å². The minimum absolute atomic E-state index is 0.124. The van der Waals surface area contributed by atoms with Gasteiger partial charge in [-0.05, 0) is 37.1 Å². The van der Waals surface area contributed by atoms with E-state index in [0.29, 0.717) is 11.8 Å². The minimum atomic E-state index is -0.949. The summed E-state index contributed by atoms with van der Waals surface area (Å²) in [6.07, 6.45) is 0.550. The molecular formula is C21H19F2N3O6. The van der Waals surface area contributed by atoms with Crippen molar-refractivity contribution in [3.8, 4) is 0 Å². The zero-order valence-corrected chi connectivity index (χ0v) is 16.8. The summed E-state index contributed by atoms with van der Waals surface area (Å²) >= 11 is 0. The molecule has 0 bridgehead atoms. The number of nitro benzene ring substituents is 1. The first-order valence-electron chi connectivity index (χ1n) is 9.70. The molecule has 1 saturated heterocycles. The second-order valence-electron chi connectivity index (χ2n) is 7.15. The fourth-order valence-electron chi connectivity index (χ4n) is 3.27. The Bertz CT molecular complexity index is 1040. The molecule has 2 aromatic carbocycles. The Balaban J connectivity index is 1.44. The van der Waals surface area contributed by atoms with Crippen molar-refractivity contribution in [2.75, 3.05) is 25.0 Å². The Labute approximate surface area is 181 Å². The van der Waals surface area contributed by atoms with E-state index >= 15 is 0 Å². The summed E-state index contributed by atoms with van der Waals surface area (Å²) in [5.74, 6) is -4.04. The second kappa shape index (κ2) is 9.94. The monoisotopic (exact) mass is 447 g/mol. The van der Waals surface area contributed by atoms with Crippen LogP contribution in [-0.2, 0) is 14.3 Å². The lowest BCUT2D eigenvalue weighted by molar-refractivity contribution is -0.384. The van der Waals surface area contributed by atoms with Crippen molar-refractivity contribution in [2.24, 2.45) is 5.92 Å². The van der Waals surface area contributed by atoms with Crippen molar-refractivity contribution in [1.82, 2.24) is 4.90 Å². The minimum Gasteiger partial charge on any atom is -0.455 e. The van der Waals surface area contributed by atoms with E-state index in [9.17, 15) is 33.3 Å². The molecule has 2 aromatic rings. The van der Waals surface area contributed by atoms with Gasteiger partial charge in [0.1, 0.15) is 11.6 Å². The number of hydrogen-bond donors (Lipinski definition) is 1. The lowest BCUT2D eigenvalue weighted by Crippen LogP contribution is -2.41. The SMILES string of the molecule is O=C(COC(=O)C1CCN(C(=O)c2ccc(F)cc2F)CC1)Nc1ccc([N+](=O)[O-])cc1. The molecule has 0 aromatic heterocycles. The number of rotatable bonds is 6. The van der Waals surface area contributed by atoms with Crippen LogP contribution >= 0.6 is 0 Å². The average Bonchev–Trinajstić information content (AvgIpc) is 2.77. The number of likely N-dealkylation sites (tertiary alicyclic amines) is 1. The van der Waals surface area contributed by atoms with Gasteiger partial charge in [0, 0.05) is 37.0 Å². The van der Waals surface area contributed by atoms with Crippen LogP contribution in [-0.4, -0.2) is 47.3 Å². The lowest BCUT2D eigenvalue weighted by atomic mass is 9.96. The van der Waals surface area contributed by atoms with Crippen LogP contribution in [0, 0.1) is 27.7 Å². The summed E-state index contributed by atoms with van der Waals surface area (Å²) in [7, 11) is 0. The van der Waals surface area contributed by atoms with Crippen molar-refractivity contribution >= 4 is 29.2 Å². The standard InChI is InChI=1S/C21H19F2N3O6/c22-14-1-6-17(18(23)11-14)20(28)25-9-7-13(8-10-25)21(29)32-12-19(27)24-15-2-4-16(5-3-15)26(30)31/h1-6,11,13H,7-10,12H2,(H,24,27). The maximum atomic E-state index is 13.8. The van der Waals surface area contributed by atoms with Gasteiger partial charge in [0.05, 0.1) is 16.4 Å². The molecule has 1 aliphatic heterocycles. The van der Waals surface area contributed by atoms with E-state index in [1.54, 1.807) is 0 Å². The number of carbonyl (C=O) groups is 3. The van der Waals surface area contributed by atoms with Gasteiger partial charge in [-0.15, -0.1) is 0 Å². The summed E-state index contributed by atoms with van der Waals surface area (Å²) in [5, 5.41) is 13.1. The van der Waals surface area contributed by atoms with E-state index in [-0.39, 0.29) is 37.2 Å². The van der Waals surface area contributed by atoms with E-state index in [1.807, 2.05) is 0 Å². The molecule has 0 spiro atoms. The molecule has 3 rings (SSSR count). The smallest absolute Gasteiger partial charge is 0.309 e. The molecule has 9 nitrogen and oxygen atoms in total. The molecule has 0 radical (unpaired) electrons. The fraction of sp³-hybridized carbons (Fsp3) is 0.286. The van der Waals surface area contributed by atoms with Gasteiger partial charge in [-0.2, -0.15) is 0 Å². The van der Waals surface area contributed by atoms with Crippen LogP contribution in [0.5, 0.6) is 0 Å². The number of nitro groups is 1. The van der Waals surface area contributed by atoms with E-state index in [2.05, 4.69) is 5.32 Å². The van der Waals surface area contributed by atoms with Gasteiger partial charge in [0.15, 0.2) is 6.61 Å². The third-order valence-electron chi connectivity index (χ3n) is 4.98. The first-order valence-corrected chi connectivity index (χ1v) is 9.70. The highest BCUT2D eigenvalue weighted by Crippen LogP contribution is 2.22. The Morgan fingerprint density at radius 1 is 1.09 bits per heavy atom. The van der Waals surface area contributed by atoms with Gasteiger partial charge >= 0.3 is 5.97 Å². The third-order valence-corrected chi connectivity index (χ3v) is 4.98. The molecule has 0 saturated carbocycles. The summed E-state index contributed by atoms with van der Waals surface area (Å²) in [6.45, 7) is -0.162. The number of carbonyl (C=O) groups excluding carboxylic acids is 3. The molecule has 0 unspecified atom stereocenters. The second-order valence-corrected chi connectivity index (χ2v) is 7.15. The van der Waals surface area contributed by atoms with E-state index in [0.717, 1.165) is 12.1 Å². The number of non-ortho nitro benzene ring substituents is 1. The van der Waals surface area contributed by atoms with Crippen molar-refractivity contribution in [2.45, 2.75) is 12.8 Å². The van der Waals surface area contributed by atoms with Crippen LogP contribution in [0.4, 0.5) is 20.2 Å². The number of amides is 2. The molecule has 32 heavy (non-hydrogen) atoms. The summed E-state index contributed by atoms with van der Waals surface area (Å²) in [6, 6.07) is 7.89. The Morgan fingerprint density at radius 3 is 2.34 bits per heavy atom. The van der Waals surface area contributed by atoms with Crippen LogP contribution in [0.25, 0.3) is 0 Å². The highest BCUT2D eigenvalue weighted by atomic mass is 19.1. The number of hydrogen-bond acceptors (Lipinski definition) is 6. The van der Waals surface area contributed by atoms with Gasteiger partial charge in [-0.1, -0.05) is 0 Å². The summed E-state index contributed by atoms with van der Waals surface area (Å²) in [4.78, 5) is 48.0. The molecule has 0 atom stereocenters. The molecule has 11 heteroatoms. The van der Waals surface area contributed by atoms with Crippen LogP contribution in [0.2, 0.25) is 0 Å². The van der Waals surface area contributed by atoms with E-state index in [1.165, 1.54) is 29.2 Å². The number of piperidine rings is 1. The fourth-order valence-corrected chi connectivity index (χ4v) is 3.27. The zero-order valence-electron chi connectivity index (χ0n) is 16.8. The molecule has 1 fully saturated rings. The largest absolute Gasteiger partial charge is 0.455 e. The van der Waals surface area contributed by atoms with Crippen LogP contribution in [0.1, 0.15) is 23.2 Å². The lowest BCUT2D eigenvalue weighted by Gasteiger charge is -2.31. The predicted octanol–water partition coefficient (Wildman–Crippen LogP) is 2.91. The Morgan fingerprint density at radius 2 is 1.75 bits per heavy atom. The number of ether oxygens (including phenoxy) is 1. The molecule has 2 amide bonds. The number of nitrogens with one attached hydrogen (secondary N) is 1. The average molecular weight is 447 g/mol. The quantitative estimate of drug-likeness (QED) is 0.413. The van der Waals surface area contributed by atoms with Crippen molar-refractivity contribution in [1.29, 1.82) is 0 Å². The number of anilines is 1. The topological polar surface area (TPSA) is 119 Å². The van der Waals surface area contributed by atoms with Crippen molar-refractivity contribution in [3.63, 3.8) is 0 Å². The summed E-state index contributed by atoms with van der Waals surface area (Å²) < 4.78 is 31.9. The van der Waals surface area contributed by atoms with E-state index < -0.39 is 46.9 Å². The van der Waals surface area contributed by atoms with Crippen molar-refractivity contribution in [3.05, 3.63) is 69.8 Å². The number of esters is 1. The number of benzene rings is 2. The Hall–Kier alpha value is -3.89. The Kier molecular flexibility index (Phi) is 7.08. The van der Waals surface area contributed by atoms with Crippen molar-refractivity contribution < 1.29 is 32.8 Å². The molecular weight excluding hydrogens is 428 g/mol. The number of nitrogens with zero attached hydrogens (tertiary/aromatic N) is 2.